The molecule has 6 aromatic heterocycles. The van der Waals surface area contributed by atoms with Crippen LogP contribution in [0.3, 0.4) is 0 Å². The van der Waals surface area contributed by atoms with Crippen LogP contribution in [0.5, 0.6) is 0 Å². The first-order valence-corrected chi connectivity index (χ1v) is 21.3. The SMILES string of the molecule is c1ccc2nc(-c3c(-c4ncc5ccccc5n4)c(-c4ncc5ccccc5n4)c(-c4ncc5ccccc5n4)c(-c4ncc5ccccc5n4)c3-c3ncc4ccccc4n3)ncc2c1. The molecule has 0 amide bonds. The summed E-state index contributed by atoms with van der Waals surface area (Å²) in [7, 11) is 0. The Labute approximate surface area is 374 Å². The molecule has 0 N–H and O–H groups in total. The Kier molecular flexibility index (Phi) is 8.52. The fourth-order valence-corrected chi connectivity index (χ4v) is 8.65. The van der Waals surface area contributed by atoms with E-state index in [2.05, 4.69) is 0 Å². The summed E-state index contributed by atoms with van der Waals surface area (Å²) in [5.41, 5.74) is 7.51. The molecule has 0 unspecified atom stereocenters. The molecule has 0 fully saturated rings. The number of nitrogens with zero attached hydrogens (tertiary/aromatic N) is 12. The molecule has 0 aliphatic rings. The minimum atomic E-state index is 0.363. The zero-order valence-corrected chi connectivity index (χ0v) is 34.7. The monoisotopic (exact) mass is 846 g/mol. The molecule has 0 spiro atoms. The maximum Gasteiger partial charge on any atom is 0.161 e. The van der Waals surface area contributed by atoms with Gasteiger partial charge in [-0.3, -0.25) is 0 Å². The topological polar surface area (TPSA) is 155 Å². The van der Waals surface area contributed by atoms with Crippen molar-refractivity contribution in [1.29, 1.82) is 0 Å². The normalized spacial score (nSPS) is 11.6. The largest absolute Gasteiger partial charge is 0.236 e. The summed E-state index contributed by atoms with van der Waals surface area (Å²) in [5, 5.41) is 5.20. The molecule has 7 aromatic carbocycles. The second-order valence-corrected chi connectivity index (χ2v) is 15.8. The molecule has 0 bridgehead atoms. The van der Waals surface area contributed by atoms with Gasteiger partial charge in [-0.1, -0.05) is 109 Å². The summed E-state index contributed by atoms with van der Waals surface area (Å²) in [5.74, 6) is 2.18. The van der Waals surface area contributed by atoms with Gasteiger partial charge in [0.25, 0.3) is 0 Å². The lowest BCUT2D eigenvalue weighted by Gasteiger charge is -2.24. The van der Waals surface area contributed by atoms with Gasteiger partial charge in [0.05, 0.1) is 33.1 Å². The Morgan fingerprint density at radius 3 is 0.500 bits per heavy atom. The smallest absolute Gasteiger partial charge is 0.161 e. The van der Waals surface area contributed by atoms with Gasteiger partial charge in [0.1, 0.15) is 0 Å². The molecule has 0 saturated heterocycles. The third kappa shape index (κ3) is 6.23. The lowest BCUT2D eigenvalue weighted by molar-refractivity contribution is 1.15. The first kappa shape index (κ1) is 37.2. The van der Waals surface area contributed by atoms with E-state index in [4.69, 9.17) is 59.8 Å². The van der Waals surface area contributed by atoms with Crippen molar-refractivity contribution in [3.05, 3.63) is 183 Å². The van der Waals surface area contributed by atoms with Gasteiger partial charge in [0, 0.05) is 103 Å². The van der Waals surface area contributed by atoms with Gasteiger partial charge in [-0.25, -0.2) is 59.8 Å². The Morgan fingerprint density at radius 2 is 0.333 bits per heavy atom. The van der Waals surface area contributed by atoms with E-state index in [-0.39, 0.29) is 0 Å². The van der Waals surface area contributed by atoms with E-state index in [0.29, 0.717) is 68.3 Å². The summed E-state index contributed by atoms with van der Waals surface area (Å²) in [6.45, 7) is 0. The third-order valence-corrected chi connectivity index (χ3v) is 11.8. The lowest BCUT2D eigenvalue weighted by atomic mass is 9.83. The number of rotatable bonds is 6. The summed E-state index contributed by atoms with van der Waals surface area (Å²) in [4.78, 5) is 62.8. The average molecular weight is 847 g/mol. The van der Waals surface area contributed by atoms with E-state index >= 15 is 0 Å². The van der Waals surface area contributed by atoms with Crippen LogP contribution in [0.2, 0.25) is 0 Å². The highest BCUT2D eigenvalue weighted by atomic mass is 15.0. The van der Waals surface area contributed by atoms with E-state index in [1.165, 1.54) is 0 Å². The highest BCUT2D eigenvalue weighted by Crippen LogP contribution is 2.53. The molecular formula is C54H30N12. The first-order chi connectivity index (χ1) is 32.7. The van der Waals surface area contributed by atoms with Crippen molar-refractivity contribution in [2.75, 3.05) is 0 Å². The zero-order valence-electron chi connectivity index (χ0n) is 34.7. The van der Waals surface area contributed by atoms with Crippen LogP contribution in [0, 0.1) is 0 Å². The fraction of sp³-hybridized carbons (Fsp3) is 0. The van der Waals surface area contributed by atoms with Crippen LogP contribution in [0.4, 0.5) is 0 Å². The average Bonchev–Trinajstić information content (AvgIpc) is 3.39. The van der Waals surface area contributed by atoms with Crippen LogP contribution in [-0.2, 0) is 0 Å². The second kappa shape index (κ2) is 15.1. The zero-order chi connectivity index (χ0) is 43.6. The first-order valence-electron chi connectivity index (χ1n) is 21.3. The van der Waals surface area contributed by atoms with Crippen LogP contribution in [-0.4, -0.2) is 59.8 Å². The molecular weight excluding hydrogens is 817 g/mol. The predicted octanol–water partition coefficient (Wildman–Crippen LogP) is 11.3. The van der Waals surface area contributed by atoms with Crippen molar-refractivity contribution in [2.45, 2.75) is 0 Å². The third-order valence-electron chi connectivity index (χ3n) is 11.8. The molecule has 0 saturated carbocycles. The van der Waals surface area contributed by atoms with Crippen molar-refractivity contribution in [2.24, 2.45) is 0 Å². The van der Waals surface area contributed by atoms with Crippen LogP contribution in [0.25, 0.3) is 134 Å². The van der Waals surface area contributed by atoms with Gasteiger partial charge in [-0.2, -0.15) is 0 Å². The number of hydrogen-bond acceptors (Lipinski definition) is 12. The van der Waals surface area contributed by atoms with Crippen LogP contribution >= 0.6 is 0 Å². The van der Waals surface area contributed by atoms with Crippen LogP contribution in [0.15, 0.2) is 183 Å². The van der Waals surface area contributed by atoms with Gasteiger partial charge < -0.3 is 0 Å². The van der Waals surface area contributed by atoms with Crippen molar-refractivity contribution < 1.29 is 0 Å². The van der Waals surface area contributed by atoms with E-state index in [1.54, 1.807) is 0 Å². The molecule has 0 atom stereocenters. The molecule has 12 heteroatoms. The maximum absolute atomic E-state index is 5.32. The maximum atomic E-state index is 5.32. The number of para-hydroxylation sites is 6. The second-order valence-electron chi connectivity index (χ2n) is 15.8. The Morgan fingerprint density at radius 1 is 0.182 bits per heavy atom. The molecule has 0 radical (unpaired) electrons. The van der Waals surface area contributed by atoms with Gasteiger partial charge in [0.15, 0.2) is 34.9 Å². The van der Waals surface area contributed by atoms with Crippen LogP contribution < -0.4 is 0 Å². The lowest BCUT2D eigenvalue weighted by Crippen LogP contribution is -2.10. The van der Waals surface area contributed by atoms with Gasteiger partial charge in [0.2, 0.25) is 0 Å². The number of hydrogen-bond donors (Lipinski definition) is 0. The highest BCUT2D eigenvalue weighted by molar-refractivity contribution is 6.12. The van der Waals surface area contributed by atoms with E-state index < -0.39 is 0 Å². The quantitative estimate of drug-likeness (QED) is 0.156. The van der Waals surface area contributed by atoms with E-state index in [9.17, 15) is 0 Å². The molecule has 0 aliphatic carbocycles. The number of aromatic nitrogens is 12. The molecule has 0 aliphatic heterocycles. The standard InChI is InChI=1S/C54H30N12/c1-7-19-37-31(13-1)25-55-49(61-37)43-44(50-56-26-32-14-2-8-20-38(32)62-50)46(52-58-28-34-16-4-10-22-40(34)64-52)48(54-60-30-36-18-6-12-24-42(36)66-54)47(53-59-29-35-17-5-11-23-41(35)65-53)45(43)51-57-27-33-15-3-9-21-39(33)63-51/h1-30H. The summed E-state index contributed by atoms with van der Waals surface area (Å²) < 4.78 is 0. The number of benzene rings is 7. The number of fused-ring (bicyclic) bond motifs is 6. The minimum Gasteiger partial charge on any atom is -0.236 e. The van der Waals surface area contributed by atoms with E-state index in [1.807, 2.05) is 183 Å². The summed E-state index contributed by atoms with van der Waals surface area (Å²) in [6, 6.07) is 47.3. The summed E-state index contributed by atoms with van der Waals surface area (Å²) in [6.07, 6.45) is 11.0. The van der Waals surface area contributed by atoms with Gasteiger partial charge >= 0.3 is 0 Å². The minimum absolute atomic E-state index is 0.363. The Hall–Kier alpha value is -9.42. The van der Waals surface area contributed by atoms with Crippen molar-refractivity contribution in [3.8, 4) is 68.3 Å². The molecule has 13 aromatic rings. The van der Waals surface area contributed by atoms with Gasteiger partial charge in [-0.15, -0.1) is 0 Å². The van der Waals surface area contributed by atoms with E-state index in [0.717, 1.165) is 65.4 Å². The fourth-order valence-electron chi connectivity index (χ4n) is 8.65. The van der Waals surface area contributed by atoms with Crippen molar-refractivity contribution >= 4 is 65.4 Å². The van der Waals surface area contributed by atoms with Gasteiger partial charge in [-0.05, 0) is 36.4 Å². The molecule has 66 heavy (non-hydrogen) atoms. The highest BCUT2D eigenvalue weighted by Gasteiger charge is 2.36. The Balaban J connectivity index is 1.32. The van der Waals surface area contributed by atoms with Crippen molar-refractivity contribution in [3.63, 3.8) is 0 Å². The molecule has 12 nitrogen and oxygen atoms in total. The molecule has 6 heterocycles. The molecule has 13 rings (SSSR count). The predicted molar refractivity (Wildman–Crippen MR) is 258 cm³/mol. The summed E-state index contributed by atoms with van der Waals surface area (Å²) >= 11 is 0. The molecule has 306 valence electrons. The van der Waals surface area contributed by atoms with Crippen molar-refractivity contribution in [1.82, 2.24) is 59.8 Å². The van der Waals surface area contributed by atoms with Crippen LogP contribution in [0.1, 0.15) is 0 Å². The Bertz CT molecular complexity index is 3400.